The number of thioether (sulfide) groups is 1. The number of rotatable bonds is 5. The van der Waals surface area contributed by atoms with Gasteiger partial charge in [-0.25, -0.2) is 0 Å². The fraction of sp³-hybridized carbons (Fsp3) is 1.00. The lowest BCUT2D eigenvalue weighted by molar-refractivity contribution is 0.847. The van der Waals surface area contributed by atoms with E-state index in [1.54, 1.807) is 0 Å². The van der Waals surface area contributed by atoms with Crippen molar-refractivity contribution in [2.24, 2.45) is 5.73 Å². The molecule has 1 nitrogen and oxygen atoms in total. The van der Waals surface area contributed by atoms with Crippen LogP contribution in [0, 0.1) is 0 Å². The van der Waals surface area contributed by atoms with E-state index < -0.39 is 8.07 Å². The van der Waals surface area contributed by atoms with Gasteiger partial charge in [0.1, 0.15) is 0 Å². The van der Waals surface area contributed by atoms with Gasteiger partial charge in [0.05, 0.1) is 0 Å². The van der Waals surface area contributed by atoms with Gasteiger partial charge in [-0.3, -0.25) is 0 Å². The molecule has 3 heteroatoms. The van der Waals surface area contributed by atoms with Gasteiger partial charge >= 0.3 is 0 Å². The van der Waals surface area contributed by atoms with Gasteiger partial charge in [0.15, 0.2) is 0 Å². The molecule has 0 aliphatic rings. The standard InChI is InChI=1S/C8H21NSSi/c1-8(9)7-10-5-6-11(2,3)4/h8H,5-7,9H2,1-4H3. The van der Waals surface area contributed by atoms with Crippen LogP contribution < -0.4 is 5.73 Å². The minimum atomic E-state index is -0.791. The number of nitrogens with two attached hydrogens (primary N) is 1. The van der Waals surface area contributed by atoms with Gasteiger partial charge < -0.3 is 5.73 Å². The van der Waals surface area contributed by atoms with Crippen LogP contribution in [0.4, 0.5) is 0 Å². The molecule has 0 aliphatic carbocycles. The lowest BCUT2D eigenvalue weighted by Crippen LogP contribution is -2.22. The minimum Gasteiger partial charge on any atom is -0.327 e. The van der Waals surface area contributed by atoms with Crippen molar-refractivity contribution in [3.63, 3.8) is 0 Å². The Balaban J connectivity index is 3.15. The van der Waals surface area contributed by atoms with Crippen molar-refractivity contribution in [3.8, 4) is 0 Å². The lowest BCUT2D eigenvalue weighted by atomic mass is 10.4. The van der Waals surface area contributed by atoms with Gasteiger partial charge in [0, 0.05) is 19.9 Å². The van der Waals surface area contributed by atoms with Crippen LogP contribution in [0.3, 0.4) is 0 Å². The third kappa shape index (κ3) is 10.5. The van der Waals surface area contributed by atoms with Gasteiger partial charge in [0.25, 0.3) is 0 Å². The van der Waals surface area contributed by atoms with Crippen LogP contribution in [0.1, 0.15) is 6.92 Å². The molecule has 0 aromatic rings. The summed E-state index contributed by atoms with van der Waals surface area (Å²) in [7, 11) is -0.791. The molecule has 0 spiro atoms. The van der Waals surface area contributed by atoms with Crippen molar-refractivity contribution in [1.82, 2.24) is 0 Å². The monoisotopic (exact) mass is 191 g/mol. The van der Waals surface area contributed by atoms with Crippen molar-refractivity contribution >= 4 is 19.8 Å². The predicted octanol–water partition coefficient (Wildman–Crippen LogP) is 2.41. The second-order valence-corrected chi connectivity index (χ2v) is 11.1. The zero-order chi connectivity index (χ0) is 8.91. The molecule has 0 aromatic carbocycles. The van der Waals surface area contributed by atoms with Crippen LogP contribution in [0.5, 0.6) is 0 Å². The third-order valence-electron chi connectivity index (χ3n) is 1.38. The molecule has 1 unspecified atom stereocenters. The molecule has 0 radical (unpaired) electrons. The van der Waals surface area contributed by atoms with Crippen LogP contribution >= 0.6 is 11.8 Å². The number of hydrogen-bond donors (Lipinski definition) is 1. The van der Waals surface area contributed by atoms with E-state index in [9.17, 15) is 0 Å². The van der Waals surface area contributed by atoms with Gasteiger partial charge in [-0.05, 0) is 18.7 Å². The van der Waals surface area contributed by atoms with Crippen LogP contribution in [-0.2, 0) is 0 Å². The summed E-state index contributed by atoms with van der Waals surface area (Å²) in [4.78, 5) is 0. The third-order valence-corrected chi connectivity index (χ3v) is 4.74. The molecule has 11 heavy (non-hydrogen) atoms. The fourth-order valence-corrected chi connectivity index (χ4v) is 4.21. The van der Waals surface area contributed by atoms with E-state index in [0.717, 1.165) is 5.75 Å². The summed E-state index contributed by atoms with van der Waals surface area (Å²) in [6.07, 6.45) is 0. The molecule has 0 bridgehead atoms. The van der Waals surface area contributed by atoms with Gasteiger partial charge in [-0.2, -0.15) is 11.8 Å². The van der Waals surface area contributed by atoms with E-state index in [-0.39, 0.29) is 0 Å². The summed E-state index contributed by atoms with van der Waals surface area (Å²) in [5, 5.41) is 0. The van der Waals surface area contributed by atoms with Gasteiger partial charge in [-0.1, -0.05) is 19.6 Å². The summed E-state index contributed by atoms with van der Waals surface area (Å²) >= 11 is 2.00. The van der Waals surface area contributed by atoms with Crippen molar-refractivity contribution in [2.75, 3.05) is 11.5 Å². The van der Waals surface area contributed by atoms with Crippen molar-refractivity contribution in [2.45, 2.75) is 38.7 Å². The first-order valence-corrected chi connectivity index (χ1v) is 9.11. The Bertz CT molecular complexity index is 98.8. The SMILES string of the molecule is CC(N)CSCC[Si](C)(C)C. The zero-order valence-corrected chi connectivity index (χ0v) is 10.0. The molecule has 0 rings (SSSR count). The van der Waals surface area contributed by atoms with Crippen LogP contribution in [0.15, 0.2) is 0 Å². The minimum absolute atomic E-state index is 0.363. The molecule has 0 aliphatic heterocycles. The van der Waals surface area contributed by atoms with Crippen molar-refractivity contribution < 1.29 is 0 Å². The molecular weight excluding hydrogens is 170 g/mol. The summed E-state index contributed by atoms with van der Waals surface area (Å²) < 4.78 is 0. The smallest absolute Gasteiger partial charge is 0.0450 e. The van der Waals surface area contributed by atoms with Gasteiger partial charge in [0.2, 0.25) is 0 Å². The summed E-state index contributed by atoms with van der Waals surface area (Å²) in [5.41, 5.74) is 5.63. The first-order valence-electron chi connectivity index (χ1n) is 4.25. The maximum absolute atomic E-state index is 5.63. The highest BCUT2D eigenvalue weighted by atomic mass is 32.2. The molecule has 0 amide bonds. The molecule has 2 N–H and O–H groups in total. The average molecular weight is 191 g/mol. The van der Waals surface area contributed by atoms with Gasteiger partial charge in [-0.15, -0.1) is 0 Å². The van der Waals surface area contributed by atoms with Crippen molar-refractivity contribution in [3.05, 3.63) is 0 Å². The number of hydrogen-bond acceptors (Lipinski definition) is 2. The molecule has 0 heterocycles. The quantitative estimate of drug-likeness (QED) is 0.533. The predicted molar refractivity (Wildman–Crippen MR) is 59.1 cm³/mol. The van der Waals surface area contributed by atoms with E-state index in [1.165, 1.54) is 11.8 Å². The van der Waals surface area contributed by atoms with Crippen molar-refractivity contribution in [1.29, 1.82) is 0 Å². The topological polar surface area (TPSA) is 26.0 Å². The Morgan fingerprint density at radius 1 is 1.36 bits per heavy atom. The van der Waals surface area contributed by atoms with E-state index in [4.69, 9.17) is 5.73 Å². The van der Waals surface area contributed by atoms with Crippen LogP contribution in [0.2, 0.25) is 25.7 Å². The van der Waals surface area contributed by atoms with E-state index in [1.807, 2.05) is 11.8 Å². The highest BCUT2D eigenvalue weighted by Gasteiger charge is 2.11. The molecule has 0 aromatic heterocycles. The maximum atomic E-state index is 5.63. The van der Waals surface area contributed by atoms with Crippen LogP contribution in [-0.4, -0.2) is 25.6 Å². The van der Waals surface area contributed by atoms with E-state index in [2.05, 4.69) is 26.6 Å². The van der Waals surface area contributed by atoms with Crippen LogP contribution in [0.25, 0.3) is 0 Å². The second-order valence-electron chi connectivity index (χ2n) is 4.36. The molecule has 0 saturated heterocycles. The first kappa shape index (κ1) is 11.5. The van der Waals surface area contributed by atoms with E-state index >= 15 is 0 Å². The Labute approximate surface area is 76.1 Å². The zero-order valence-electron chi connectivity index (χ0n) is 8.18. The summed E-state index contributed by atoms with van der Waals surface area (Å²) in [6.45, 7) is 9.32. The normalized spacial score (nSPS) is 15.0. The second kappa shape index (κ2) is 5.22. The molecule has 0 saturated carbocycles. The Kier molecular flexibility index (Phi) is 5.47. The Morgan fingerprint density at radius 3 is 2.27 bits per heavy atom. The highest BCUT2D eigenvalue weighted by Crippen LogP contribution is 2.13. The molecular formula is C8H21NSSi. The molecule has 68 valence electrons. The lowest BCUT2D eigenvalue weighted by Gasteiger charge is -2.15. The highest BCUT2D eigenvalue weighted by molar-refractivity contribution is 7.99. The molecule has 1 atom stereocenters. The van der Waals surface area contributed by atoms with E-state index in [0.29, 0.717) is 6.04 Å². The summed E-state index contributed by atoms with van der Waals surface area (Å²) in [6, 6.07) is 1.78. The Morgan fingerprint density at radius 2 is 1.91 bits per heavy atom. The first-order chi connectivity index (χ1) is 4.92. The Hall–Kier alpha value is 0.527. The summed E-state index contributed by atoms with van der Waals surface area (Å²) in [5.74, 6) is 2.42. The maximum Gasteiger partial charge on any atom is 0.0450 e. The average Bonchev–Trinajstić information content (AvgIpc) is 1.78. The fourth-order valence-electron chi connectivity index (χ4n) is 0.648. The molecule has 0 fully saturated rings. The largest absolute Gasteiger partial charge is 0.327 e.